The molecule has 0 atom stereocenters. The molecule has 0 N–H and O–H groups in total. The van der Waals surface area contributed by atoms with Gasteiger partial charge in [0, 0.05) is 35.2 Å². The summed E-state index contributed by atoms with van der Waals surface area (Å²) in [6.45, 7) is 7.83. The Morgan fingerprint density at radius 1 is 0.717 bits per heavy atom. The second-order valence-electron chi connectivity index (χ2n) is 13.7. The number of nitrogens with zero attached hydrogens (tertiary/aromatic N) is 3. The Kier molecular flexibility index (Phi) is 5.98. The maximum atomic E-state index is 6.90. The molecule has 0 fully saturated rings. The number of benzene rings is 5. The van der Waals surface area contributed by atoms with Crippen molar-refractivity contribution in [3.8, 4) is 28.2 Å². The van der Waals surface area contributed by atoms with Crippen molar-refractivity contribution in [3.05, 3.63) is 127 Å². The average molecular weight is 599 g/mol. The zero-order valence-electron chi connectivity index (χ0n) is 26.5. The second kappa shape index (κ2) is 10.1. The van der Waals surface area contributed by atoms with Gasteiger partial charge in [-0.25, -0.2) is 4.98 Å². The standard InChI is InChI=1S/C42H36N3O/c1-42(2,3)29-20-24-36(35(26-29)27-12-5-4-6-13-27)45-37-23-19-28-14-7-8-16-31(28)38(37)43-40(45)34-18-11-17-32-33-22-21-30-15-9-10-25-44(30)41(33)46-39(32)34/h4-8,11-14,16-24,26H,9-10,15,25H2,1-3H3/q+1. The molecule has 1 aliphatic rings. The number of hydrogen-bond donors (Lipinski definition) is 0. The van der Waals surface area contributed by atoms with E-state index in [1.807, 2.05) is 0 Å². The lowest BCUT2D eigenvalue weighted by Crippen LogP contribution is -2.41. The minimum Gasteiger partial charge on any atom is -0.403 e. The molecule has 8 aromatic rings. The molecule has 0 radical (unpaired) electrons. The number of aryl methyl sites for hydroxylation is 2. The maximum absolute atomic E-state index is 6.90. The molecule has 46 heavy (non-hydrogen) atoms. The van der Waals surface area contributed by atoms with E-state index in [0.717, 1.165) is 68.5 Å². The lowest BCUT2D eigenvalue weighted by Gasteiger charge is -2.23. The van der Waals surface area contributed by atoms with Gasteiger partial charge >= 0.3 is 5.71 Å². The first kappa shape index (κ1) is 27.1. The zero-order chi connectivity index (χ0) is 31.0. The van der Waals surface area contributed by atoms with E-state index in [1.54, 1.807) is 0 Å². The molecular formula is C42H36N3O+. The third-order valence-electron chi connectivity index (χ3n) is 9.81. The van der Waals surface area contributed by atoms with Crippen LogP contribution in [0.25, 0.3) is 72.1 Å². The van der Waals surface area contributed by atoms with Gasteiger partial charge in [0.1, 0.15) is 5.82 Å². The molecule has 4 nitrogen and oxygen atoms in total. The molecule has 4 heterocycles. The highest BCUT2D eigenvalue weighted by molar-refractivity contribution is 6.10. The van der Waals surface area contributed by atoms with Crippen LogP contribution >= 0.6 is 0 Å². The van der Waals surface area contributed by atoms with Crippen molar-refractivity contribution in [2.75, 3.05) is 0 Å². The number of imidazole rings is 1. The van der Waals surface area contributed by atoms with Gasteiger partial charge in [-0.3, -0.25) is 4.57 Å². The minimum absolute atomic E-state index is 0.00870. The number of rotatable bonds is 3. The summed E-state index contributed by atoms with van der Waals surface area (Å²) in [7, 11) is 0. The summed E-state index contributed by atoms with van der Waals surface area (Å²) >= 11 is 0. The summed E-state index contributed by atoms with van der Waals surface area (Å²) in [6.07, 6.45) is 3.50. The van der Waals surface area contributed by atoms with Gasteiger partial charge in [-0.15, -0.1) is 0 Å². The molecule has 3 aromatic heterocycles. The smallest absolute Gasteiger partial charge is 0.381 e. The number of fused-ring (bicyclic) bond motifs is 8. The van der Waals surface area contributed by atoms with Gasteiger partial charge in [0.2, 0.25) is 0 Å². The molecule has 0 unspecified atom stereocenters. The van der Waals surface area contributed by atoms with Gasteiger partial charge in [0.25, 0.3) is 0 Å². The average Bonchev–Trinajstić information content (AvgIpc) is 3.67. The topological polar surface area (TPSA) is 34.8 Å². The lowest BCUT2D eigenvalue weighted by molar-refractivity contribution is -0.690. The summed E-state index contributed by atoms with van der Waals surface area (Å²) in [4.78, 5) is 5.50. The molecule has 5 aromatic carbocycles. The monoisotopic (exact) mass is 598 g/mol. The first-order valence-corrected chi connectivity index (χ1v) is 16.4. The van der Waals surface area contributed by atoms with Crippen LogP contribution in [-0.4, -0.2) is 9.55 Å². The lowest BCUT2D eigenvalue weighted by atomic mass is 9.85. The summed E-state index contributed by atoms with van der Waals surface area (Å²) in [6, 6.07) is 41.7. The molecule has 224 valence electrons. The number of pyridine rings is 1. The van der Waals surface area contributed by atoms with Crippen molar-refractivity contribution < 1.29 is 8.98 Å². The molecule has 0 amide bonds. The number of aromatic nitrogens is 3. The third kappa shape index (κ3) is 4.13. The van der Waals surface area contributed by atoms with Gasteiger partial charge in [0.05, 0.1) is 27.7 Å². The van der Waals surface area contributed by atoms with Gasteiger partial charge in [-0.2, -0.15) is 4.57 Å². The van der Waals surface area contributed by atoms with Crippen LogP contribution in [0.1, 0.15) is 44.9 Å². The third-order valence-corrected chi connectivity index (χ3v) is 9.81. The van der Waals surface area contributed by atoms with E-state index in [-0.39, 0.29) is 5.41 Å². The van der Waals surface area contributed by atoms with Gasteiger partial charge in [-0.05, 0) is 58.7 Å². The first-order chi connectivity index (χ1) is 22.5. The van der Waals surface area contributed by atoms with Crippen molar-refractivity contribution in [2.45, 2.75) is 52.0 Å². The predicted octanol–water partition coefficient (Wildman–Crippen LogP) is 10.3. The van der Waals surface area contributed by atoms with Crippen molar-refractivity contribution in [1.29, 1.82) is 0 Å². The van der Waals surface area contributed by atoms with Gasteiger partial charge < -0.3 is 4.42 Å². The van der Waals surface area contributed by atoms with E-state index in [9.17, 15) is 0 Å². The summed E-state index contributed by atoms with van der Waals surface area (Å²) in [5, 5.41) is 4.62. The van der Waals surface area contributed by atoms with Crippen LogP contribution in [0.5, 0.6) is 0 Å². The Hall–Kier alpha value is -5.22. The van der Waals surface area contributed by atoms with Crippen LogP contribution in [0.2, 0.25) is 0 Å². The molecule has 0 aliphatic carbocycles. The highest BCUT2D eigenvalue weighted by Gasteiger charge is 2.28. The first-order valence-electron chi connectivity index (χ1n) is 16.4. The normalized spacial score (nSPS) is 13.6. The van der Waals surface area contributed by atoms with Crippen molar-refractivity contribution in [2.24, 2.45) is 0 Å². The highest BCUT2D eigenvalue weighted by Crippen LogP contribution is 2.41. The Bertz CT molecular complexity index is 2460. The van der Waals surface area contributed by atoms with Crippen LogP contribution in [0.4, 0.5) is 0 Å². The molecule has 0 bridgehead atoms. The number of furan rings is 1. The minimum atomic E-state index is 0.00870. The molecule has 9 rings (SSSR count). The molecule has 4 heteroatoms. The highest BCUT2D eigenvalue weighted by atomic mass is 16.3. The molecular weight excluding hydrogens is 562 g/mol. The van der Waals surface area contributed by atoms with Gasteiger partial charge in [0.15, 0.2) is 17.8 Å². The summed E-state index contributed by atoms with van der Waals surface area (Å²) in [5.41, 5.74) is 11.0. The predicted molar refractivity (Wildman–Crippen MR) is 189 cm³/mol. The van der Waals surface area contributed by atoms with E-state index in [2.05, 4.69) is 145 Å². The summed E-state index contributed by atoms with van der Waals surface area (Å²) < 4.78 is 11.6. The Labute approximate surface area is 268 Å². The van der Waals surface area contributed by atoms with E-state index in [1.165, 1.54) is 40.6 Å². The van der Waals surface area contributed by atoms with Gasteiger partial charge in [-0.1, -0.05) is 99.6 Å². The number of para-hydroxylation sites is 1. The fourth-order valence-corrected chi connectivity index (χ4v) is 7.39. The van der Waals surface area contributed by atoms with E-state index >= 15 is 0 Å². The van der Waals surface area contributed by atoms with Crippen molar-refractivity contribution in [1.82, 2.24) is 9.55 Å². The van der Waals surface area contributed by atoms with Crippen LogP contribution in [-0.2, 0) is 18.4 Å². The molecule has 1 aliphatic heterocycles. The quantitative estimate of drug-likeness (QED) is 0.190. The fraction of sp³-hybridized carbons (Fsp3) is 0.190. The molecule has 0 saturated carbocycles. The molecule has 0 spiro atoms. The summed E-state index contributed by atoms with van der Waals surface area (Å²) in [5.74, 6) is 0.885. The SMILES string of the molecule is CC(C)(C)c1ccc(-n2c(-c3cccc4c3oc3c4ccc4[n+]3CCCC4)nc3c4ccccc4ccc32)c(-c2ccccc2)c1. The van der Waals surface area contributed by atoms with E-state index < -0.39 is 0 Å². The van der Waals surface area contributed by atoms with E-state index in [0.29, 0.717) is 0 Å². The van der Waals surface area contributed by atoms with Crippen molar-refractivity contribution >= 4 is 43.9 Å². The zero-order valence-corrected chi connectivity index (χ0v) is 26.5. The van der Waals surface area contributed by atoms with Crippen LogP contribution in [0.3, 0.4) is 0 Å². The van der Waals surface area contributed by atoms with Crippen LogP contribution in [0, 0.1) is 0 Å². The Balaban J connectivity index is 1.40. The van der Waals surface area contributed by atoms with Crippen molar-refractivity contribution in [3.63, 3.8) is 0 Å². The van der Waals surface area contributed by atoms with E-state index in [4.69, 9.17) is 9.40 Å². The second-order valence-corrected chi connectivity index (χ2v) is 13.7. The number of hydrogen-bond acceptors (Lipinski definition) is 2. The maximum Gasteiger partial charge on any atom is 0.381 e. The largest absolute Gasteiger partial charge is 0.403 e. The molecule has 0 saturated heterocycles. The Morgan fingerprint density at radius 2 is 1.54 bits per heavy atom. The Morgan fingerprint density at radius 3 is 2.41 bits per heavy atom. The fourth-order valence-electron chi connectivity index (χ4n) is 7.39. The van der Waals surface area contributed by atoms with Crippen LogP contribution < -0.4 is 4.57 Å². The van der Waals surface area contributed by atoms with Crippen LogP contribution in [0.15, 0.2) is 120 Å².